The zero-order valence-corrected chi connectivity index (χ0v) is 11.0. The maximum atomic E-state index is 11.9. The van der Waals surface area contributed by atoms with Crippen molar-refractivity contribution in [2.24, 2.45) is 0 Å². The van der Waals surface area contributed by atoms with E-state index in [2.05, 4.69) is 23.7 Å². The molecule has 0 N–H and O–H groups in total. The maximum Gasteiger partial charge on any atom is 0.338 e. The third-order valence-corrected chi connectivity index (χ3v) is 3.40. The van der Waals surface area contributed by atoms with Crippen LogP contribution in [0.15, 0.2) is 24.5 Å². The average Bonchev–Trinajstić information content (AvgIpc) is 2.40. The highest BCUT2D eigenvalue weighted by Gasteiger charge is 2.23. The Morgan fingerprint density at radius 2 is 1.94 bits per heavy atom. The highest BCUT2D eigenvalue weighted by molar-refractivity contribution is 5.89. The molecule has 0 aromatic carbocycles. The summed E-state index contributed by atoms with van der Waals surface area (Å²) < 4.78 is 5.51. The van der Waals surface area contributed by atoms with E-state index in [0.29, 0.717) is 11.6 Å². The summed E-state index contributed by atoms with van der Waals surface area (Å²) in [4.78, 5) is 18.2. The van der Waals surface area contributed by atoms with Crippen LogP contribution in [0.3, 0.4) is 0 Å². The van der Waals surface area contributed by atoms with Gasteiger partial charge in [0.2, 0.25) is 0 Å². The van der Waals surface area contributed by atoms with Crippen molar-refractivity contribution in [3.8, 4) is 0 Å². The summed E-state index contributed by atoms with van der Waals surface area (Å²) in [5.74, 6) is -0.236. The number of hydrogen-bond acceptors (Lipinski definition) is 4. The van der Waals surface area contributed by atoms with Crippen molar-refractivity contribution in [2.45, 2.75) is 38.8 Å². The van der Waals surface area contributed by atoms with E-state index >= 15 is 0 Å². The maximum absolute atomic E-state index is 11.9. The van der Waals surface area contributed by atoms with Crippen LogP contribution < -0.4 is 0 Å². The van der Waals surface area contributed by atoms with Gasteiger partial charge in [-0.25, -0.2) is 4.79 Å². The van der Waals surface area contributed by atoms with Gasteiger partial charge in [-0.2, -0.15) is 0 Å². The molecule has 18 heavy (non-hydrogen) atoms. The number of pyridine rings is 1. The van der Waals surface area contributed by atoms with Gasteiger partial charge in [0.1, 0.15) is 6.10 Å². The molecular weight excluding hydrogens is 228 g/mol. The van der Waals surface area contributed by atoms with Gasteiger partial charge in [-0.05, 0) is 38.8 Å². The summed E-state index contributed by atoms with van der Waals surface area (Å²) >= 11 is 0. The smallest absolute Gasteiger partial charge is 0.338 e. The second-order valence-electron chi connectivity index (χ2n) is 4.97. The lowest BCUT2D eigenvalue weighted by molar-refractivity contribution is 0.00787. The Labute approximate surface area is 108 Å². The first-order chi connectivity index (χ1) is 8.66. The number of rotatable bonds is 3. The molecule has 0 aliphatic carbocycles. The van der Waals surface area contributed by atoms with Crippen molar-refractivity contribution in [3.63, 3.8) is 0 Å². The number of esters is 1. The number of carbonyl (C=O) groups excluding carboxylic acids is 1. The van der Waals surface area contributed by atoms with Crippen LogP contribution >= 0.6 is 0 Å². The fourth-order valence-electron chi connectivity index (χ4n) is 2.22. The number of likely N-dealkylation sites (tertiary alicyclic amines) is 1. The normalized spacial score (nSPS) is 17.9. The Morgan fingerprint density at radius 3 is 2.50 bits per heavy atom. The van der Waals surface area contributed by atoms with Crippen molar-refractivity contribution in [2.75, 3.05) is 13.1 Å². The largest absolute Gasteiger partial charge is 0.459 e. The van der Waals surface area contributed by atoms with Crippen LogP contribution in [0.25, 0.3) is 0 Å². The average molecular weight is 248 g/mol. The zero-order chi connectivity index (χ0) is 13.0. The molecule has 1 saturated heterocycles. The third-order valence-electron chi connectivity index (χ3n) is 3.40. The standard InChI is InChI=1S/C14H20N2O2/c1-11(2)16-9-5-13(6-10-16)18-14(17)12-3-7-15-8-4-12/h3-4,7-8,11,13H,5-6,9-10H2,1-2H3. The molecule has 0 saturated carbocycles. The molecule has 0 bridgehead atoms. The molecule has 1 aliphatic rings. The number of hydrogen-bond donors (Lipinski definition) is 0. The highest BCUT2D eigenvalue weighted by Crippen LogP contribution is 2.17. The van der Waals surface area contributed by atoms with Crippen LogP contribution in [0.2, 0.25) is 0 Å². The summed E-state index contributed by atoms with van der Waals surface area (Å²) in [6, 6.07) is 3.94. The molecule has 0 atom stereocenters. The van der Waals surface area contributed by atoms with Gasteiger partial charge in [0.15, 0.2) is 0 Å². The molecule has 1 aliphatic heterocycles. The molecule has 2 heterocycles. The van der Waals surface area contributed by atoms with E-state index < -0.39 is 0 Å². The Bertz CT molecular complexity index is 384. The van der Waals surface area contributed by atoms with Gasteiger partial charge >= 0.3 is 5.97 Å². The summed E-state index contributed by atoms with van der Waals surface area (Å²) in [6.07, 6.45) is 5.13. The van der Waals surface area contributed by atoms with Crippen molar-refractivity contribution < 1.29 is 9.53 Å². The Kier molecular flexibility index (Phi) is 4.31. The number of aromatic nitrogens is 1. The van der Waals surface area contributed by atoms with E-state index in [1.807, 2.05) is 0 Å². The van der Waals surface area contributed by atoms with Crippen LogP contribution in [0.1, 0.15) is 37.0 Å². The lowest BCUT2D eigenvalue weighted by Gasteiger charge is -2.34. The predicted molar refractivity (Wildman–Crippen MR) is 69.4 cm³/mol. The highest BCUT2D eigenvalue weighted by atomic mass is 16.5. The fourth-order valence-corrected chi connectivity index (χ4v) is 2.22. The van der Waals surface area contributed by atoms with Crippen LogP contribution in [-0.2, 0) is 4.74 Å². The van der Waals surface area contributed by atoms with E-state index in [9.17, 15) is 4.79 Å². The monoisotopic (exact) mass is 248 g/mol. The number of nitrogens with zero attached hydrogens (tertiary/aromatic N) is 2. The fraction of sp³-hybridized carbons (Fsp3) is 0.571. The minimum Gasteiger partial charge on any atom is -0.459 e. The number of carbonyl (C=O) groups is 1. The first-order valence-electron chi connectivity index (χ1n) is 6.52. The van der Waals surface area contributed by atoms with Crippen LogP contribution in [0.4, 0.5) is 0 Å². The summed E-state index contributed by atoms with van der Waals surface area (Å²) in [7, 11) is 0. The van der Waals surface area contributed by atoms with Crippen LogP contribution in [0.5, 0.6) is 0 Å². The second kappa shape index (κ2) is 5.96. The molecule has 0 amide bonds. The van der Waals surface area contributed by atoms with E-state index in [-0.39, 0.29) is 12.1 Å². The molecule has 98 valence electrons. The number of ether oxygens (including phenoxy) is 1. The molecule has 4 heteroatoms. The van der Waals surface area contributed by atoms with E-state index in [1.165, 1.54) is 0 Å². The first kappa shape index (κ1) is 13.0. The summed E-state index contributed by atoms with van der Waals surface area (Å²) in [6.45, 7) is 6.41. The van der Waals surface area contributed by atoms with Crippen molar-refractivity contribution in [1.82, 2.24) is 9.88 Å². The summed E-state index contributed by atoms with van der Waals surface area (Å²) in [5.41, 5.74) is 0.580. The minimum atomic E-state index is -0.236. The molecule has 0 radical (unpaired) electrons. The molecular formula is C14H20N2O2. The molecule has 1 aromatic rings. The van der Waals surface area contributed by atoms with Crippen molar-refractivity contribution >= 4 is 5.97 Å². The van der Waals surface area contributed by atoms with Gasteiger partial charge in [-0.1, -0.05) is 0 Å². The first-order valence-corrected chi connectivity index (χ1v) is 6.52. The SMILES string of the molecule is CC(C)N1CCC(OC(=O)c2ccncc2)CC1. The van der Waals surface area contributed by atoms with Gasteiger partial charge in [0, 0.05) is 31.5 Å². The van der Waals surface area contributed by atoms with Crippen LogP contribution in [0, 0.1) is 0 Å². The lowest BCUT2D eigenvalue weighted by atomic mass is 10.1. The van der Waals surface area contributed by atoms with E-state index in [1.54, 1.807) is 24.5 Å². The third kappa shape index (κ3) is 3.29. The summed E-state index contributed by atoms with van der Waals surface area (Å²) in [5, 5.41) is 0. The quantitative estimate of drug-likeness (QED) is 0.768. The van der Waals surface area contributed by atoms with Gasteiger partial charge in [0.05, 0.1) is 5.56 Å². The molecule has 2 rings (SSSR count). The Balaban J connectivity index is 1.83. The van der Waals surface area contributed by atoms with Gasteiger partial charge < -0.3 is 9.64 Å². The predicted octanol–water partition coefficient (Wildman–Crippen LogP) is 2.11. The molecule has 1 aromatic heterocycles. The minimum absolute atomic E-state index is 0.0562. The second-order valence-corrected chi connectivity index (χ2v) is 4.97. The molecule has 4 nitrogen and oxygen atoms in total. The Morgan fingerprint density at radius 1 is 1.33 bits per heavy atom. The topological polar surface area (TPSA) is 42.4 Å². The van der Waals surface area contributed by atoms with Gasteiger partial charge in [-0.3, -0.25) is 4.98 Å². The number of piperidine rings is 1. The molecule has 1 fully saturated rings. The van der Waals surface area contributed by atoms with Gasteiger partial charge in [-0.15, -0.1) is 0 Å². The van der Waals surface area contributed by atoms with Crippen molar-refractivity contribution in [1.29, 1.82) is 0 Å². The van der Waals surface area contributed by atoms with Crippen molar-refractivity contribution in [3.05, 3.63) is 30.1 Å². The Hall–Kier alpha value is -1.42. The molecule has 0 unspecified atom stereocenters. The van der Waals surface area contributed by atoms with E-state index in [4.69, 9.17) is 4.74 Å². The lowest BCUT2D eigenvalue weighted by Crippen LogP contribution is -2.41. The molecule has 0 spiro atoms. The zero-order valence-electron chi connectivity index (χ0n) is 11.0. The van der Waals surface area contributed by atoms with Crippen LogP contribution in [-0.4, -0.2) is 41.1 Å². The van der Waals surface area contributed by atoms with Gasteiger partial charge in [0.25, 0.3) is 0 Å². The van der Waals surface area contributed by atoms with E-state index in [0.717, 1.165) is 25.9 Å².